The van der Waals surface area contributed by atoms with Crippen LogP contribution in [0.15, 0.2) is 48.5 Å². The largest absolute Gasteiger partial charge is 0.484 e. The first-order valence-electron chi connectivity index (χ1n) is 10.5. The van der Waals surface area contributed by atoms with Crippen molar-refractivity contribution in [3.63, 3.8) is 0 Å². The molecule has 2 aliphatic heterocycles. The van der Waals surface area contributed by atoms with E-state index in [1.807, 2.05) is 18.2 Å². The van der Waals surface area contributed by atoms with Crippen molar-refractivity contribution in [3.05, 3.63) is 48.5 Å². The van der Waals surface area contributed by atoms with E-state index in [9.17, 15) is 9.59 Å². The summed E-state index contributed by atoms with van der Waals surface area (Å²) in [5.41, 5.74) is 1.31. The first-order valence-corrected chi connectivity index (χ1v) is 10.5. The van der Waals surface area contributed by atoms with Gasteiger partial charge in [-0.25, -0.2) is 0 Å². The molecule has 2 aromatic carbocycles. The number of likely N-dealkylation sites (tertiary alicyclic amines) is 1. The maximum atomic E-state index is 12.5. The Morgan fingerprint density at radius 1 is 1.03 bits per heavy atom. The highest BCUT2D eigenvalue weighted by atomic mass is 16.5. The fourth-order valence-corrected chi connectivity index (χ4v) is 3.81. The number of amides is 2. The second kappa shape index (κ2) is 9.63. The molecule has 30 heavy (non-hydrogen) atoms. The standard InChI is InChI=1S/C23H27N3O4/c27-22(16-29-19-7-3-1-4-8-19)24-18-9-10-21-20(15-18)26(23(28)17-30-21)14-13-25-11-5-2-6-12-25/h1,3-4,7-10,15H,2,5-6,11-14,16-17H2,(H,24,27). The highest BCUT2D eigenvalue weighted by Gasteiger charge is 2.26. The zero-order valence-corrected chi connectivity index (χ0v) is 17.0. The second-order valence-corrected chi connectivity index (χ2v) is 7.57. The van der Waals surface area contributed by atoms with Crippen LogP contribution in [-0.4, -0.2) is 56.1 Å². The Morgan fingerprint density at radius 2 is 1.83 bits per heavy atom. The third-order valence-corrected chi connectivity index (χ3v) is 5.39. The lowest BCUT2D eigenvalue weighted by Gasteiger charge is -2.33. The van der Waals surface area contributed by atoms with Crippen molar-refractivity contribution in [1.82, 2.24) is 4.90 Å². The SMILES string of the molecule is O=C(COc1ccccc1)Nc1ccc2c(c1)N(CCN1CCCCC1)C(=O)CO2. The number of para-hydroxylation sites is 1. The number of fused-ring (bicyclic) bond motifs is 1. The minimum atomic E-state index is -0.262. The zero-order valence-electron chi connectivity index (χ0n) is 17.0. The Kier molecular flexibility index (Phi) is 6.49. The predicted molar refractivity (Wildman–Crippen MR) is 115 cm³/mol. The Bertz CT molecular complexity index is 881. The van der Waals surface area contributed by atoms with Gasteiger partial charge in [-0.3, -0.25) is 9.59 Å². The Balaban J connectivity index is 1.39. The lowest BCUT2D eigenvalue weighted by atomic mass is 10.1. The topological polar surface area (TPSA) is 71.1 Å². The van der Waals surface area contributed by atoms with Crippen LogP contribution in [0.1, 0.15) is 19.3 Å². The van der Waals surface area contributed by atoms with Crippen LogP contribution in [0.2, 0.25) is 0 Å². The molecule has 0 bridgehead atoms. The van der Waals surface area contributed by atoms with Crippen LogP contribution in [0.3, 0.4) is 0 Å². The van der Waals surface area contributed by atoms with Gasteiger partial charge in [0.2, 0.25) is 0 Å². The highest BCUT2D eigenvalue weighted by molar-refractivity contribution is 5.99. The van der Waals surface area contributed by atoms with Gasteiger partial charge >= 0.3 is 0 Å². The van der Waals surface area contributed by atoms with Crippen LogP contribution in [0, 0.1) is 0 Å². The summed E-state index contributed by atoms with van der Waals surface area (Å²) < 4.78 is 11.1. The van der Waals surface area contributed by atoms with E-state index in [4.69, 9.17) is 9.47 Å². The molecule has 4 rings (SSSR count). The molecule has 2 aliphatic rings. The van der Waals surface area contributed by atoms with E-state index in [0.717, 1.165) is 19.6 Å². The predicted octanol–water partition coefficient (Wildman–Crippen LogP) is 2.92. The summed E-state index contributed by atoms with van der Waals surface area (Å²) in [6.07, 6.45) is 3.72. The molecule has 0 aliphatic carbocycles. The number of hydrogen-bond donors (Lipinski definition) is 1. The summed E-state index contributed by atoms with van der Waals surface area (Å²) in [5, 5.41) is 2.84. The molecule has 2 aromatic rings. The minimum absolute atomic E-state index is 0.0453. The Hall–Kier alpha value is -3.06. The van der Waals surface area contributed by atoms with Gasteiger partial charge in [0, 0.05) is 18.8 Å². The van der Waals surface area contributed by atoms with Gasteiger partial charge < -0.3 is 24.6 Å². The maximum absolute atomic E-state index is 12.5. The molecule has 7 heteroatoms. The lowest BCUT2D eigenvalue weighted by Crippen LogP contribution is -2.44. The Labute approximate surface area is 176 Å². The quantitative estimate of drug-likeness (QED) is 0.761. The number of ether oxygens (including phenoxy) is 2. The van der Waals surface area contributed by atoms with Gasteiger partial charge in [0.15, 0.2) is 13.2 Å². The number of hydrogen-bond acceptors (Lipinski definition) is 5. The van der Waals surface area contributed by atoms with Crippen molar-refractivity contribution in [1.29, 1.82) is 0 Å². The molecule has 1 N–H and O–H groups in total. The number of nitrogens with zero attached hydrogens (tertiary/aromatic N) is 2. The number of carbonyl (C=O) groups is 2. The summed E-state index contributed by atoms with van der Waals surface area (Å²) in [4.78, 5) is 28.9. The molecule has 1 saturated heterocycles. The van der Waals surface area contributed by atoms with Gasteiger partial charge in [0.05, 0.1) is 5.69 Å². The molecule has 2 amide bonds. The normalized spacial score (nSPS) is 16.5. The van der Waals surface area contributed by atoms with Crippen LogP contribution < -0.4 is 19.7 Å². The molecule has 158 valence electrons. The second-order valence-electron chi connectivity index (χ2n) is 7.57. The van der Waals surface area contributed by atoms with E-state index in [-0.39, 0.29) is 25.0 Å². The minimum Gasteiger partial charge on any atom is -0.484 e. The number of rotatable bonds is 7. The first kappa shape index (κ1) is 20.2. The van der Waals surface area contributed by atoms with E-state index in [1.165, 1.54) is 19.3 Å². The van der Waals surface area contributed by atoms with Crippen molar-refractivity contribution < 1.29 is 19.1 Å². The number of piperidine rings is 1. The molecular weight excluding hydrogens is 382 g/mol. The molecule has 1 fully saturated rings. The van der Waals surface area contributed by atoms with Crippen LogP contribution >= 0.6 is 0 Å². The van der Waals surface area contributed by atoms with Crippen molar-refractivity contribution in [2.45, 2.75) is 19.3 Å². The number of anilines is 2. The van der Waals surface area contributed by atoms with Crippen molar-refractivity contribution >= 4 is 23.2 Å². The van der Waals surface area contributed by atoms with Gasteiger partial charge in [-0.2, -0.15) is 0 Å². The molecule has 0 aromatic heterocycles. The molecule has 0 unspecified atom stereocenters. The smallest absolute Gasteiger partial charge is 0.265 e. The van der Waals surface area contributed by atoms with Crippen molar-refractivity contribution in [2.24, 2.45) is 0 Å². The highest BCUT2D eigenvalue weighted by Crippen LogP contribution is 2.34. The first-order chi connectivity index (χ1) is 14.7. The average Bonchev–Trinajstić information content (AvgIpc) is 2.78. The number of nitrogens with one attached hydrogen (secondary N) is 1. The molecule has 0 spiro atoms. The van der Waals surface area contributed by atoms with E-state index in [0.29, 0.717) is 29.4 Å². The molecule has 2 heterocycles. The van der Waals surface area contributed by atoms with E-state index in [1.54, 1.807) is 35.2 Å². The molecule has 7 nitrogen and oxygen atoms in total. The summed E-state index contributed by atoms with van der Waals surface area (Å²) in [7, 11) is 0. The van der Waals surface area contributed by atoms with Gasteiger partial charge in [-0.1, -0.05) is 24.6 Å². The molecular formula is C23H27N3O4. The molecule has 0 radical (unpaired) electrons. The summed E-state index contributed by atoms with van der Waals surface area (Å²) in [6, 6.07) is 14.6. The van der Waals surface area contributed by atoms with Gasteiger partial charge in [-0.15, -0.1) is 0 Å². The van der Waals surface area contributed by atoms with E-state index in [2.05, 4.69) is 10.2 Å². The fourth-order valence-electron chi connectivity index (χ4n) is 3.81. The summed E-state index contributed by atoms with van der Waals surface area (Å²) >= 11 is 0. The monoisotopic (exact) mass is 409 g/mol. The summed E-state index contributed by atoms with van der Waals surface area (Å²) in [6.45, 7) is 3.58. The number of benzene rings is 2. The number of carbonyl (C=O) groups excluding carboxylic acids is 2. The van der Waals surface area contributed by atoms with E-state index >= 15 is 0 Å². The lowest BCUT2D eigenvalue weighted by molar-refractivity contribution is -0.121. The van der Waals surface area contributed by atoms with E-state index < -0.39 is 0 Å². The fraction of sp³-hybridized carbons (Fsp3) is 0.391. The molecule has 0 atom stereocenters. The van der Waals surface area contributed by atoms with Crippen molar-refractivity contribution in [3.8, 4) is 11.5 Å². The van der Waals surface area contributed by atoms with Crippen LogP contribution in [0.5, 0.6) is 11.5 Å². The van der Waals surface area contributed by atoms with Crippen molar-refractivity contribution in [2.75, 3.05) is 49.6 Å². The molecule has 0 saturated carbocycles. The average molecular weight is 409 g/mol. The van der Waals surface area contributed by atoms with Crippen LogP contribution in [-0.2, 0) is 9.59 Å². The maximum Gasteiger partial charge on any atom is 0.265 e. The zero-order chi connectivity index (χ0) is 20.8. The third kappa shape index (κ3) is 5.10. The van der Waals surface area contributed by atoms with Gasteiger partial charge in [-0.05, 0) is 56.3 Å². The van der Waals surface area contributed by atoms with Crippen LogP contribution in [0.4, 0.5) is 11.4 Å². The van der Waals surface area contributed by atoms with Gasteiger partial charge in [0.25, 0.3) is 11.8 Å². The summed E-state index contributed by atoms with van der Waals surface area (Å²) in [5.74, 6) is 0.977. The third-order valence-electron chi connectivity index (χ3n) is 5.39. The Morgan fingerprint density at radius 3 is 2.63 bits per heavy atom. The van der Waals surface area contributed by atoms with Crippen LogP contribution in [0.25, 0.3) is 0 Å². The van der Waals surface area contributed by atoms with Gasteiger partial charge in [0.1, 0.15) is 11.5 Å².